The van der Waals surface area contributed by atoms with E-state index in [1.165, 1.54) is 6.07 Å². The first-order valence-electron chi connectivity index (χ1n) is 7.29. The summed E-state index contributed by atoms with van der Waals surface area (Å²) in [5.41, 5.74) is 0.124. The Morgan fingerprint density at radius 3 is 2.72 bits per heavy atom. The molecule has 6 nitrogen and oxygen atoms in total. The van der Waals surface area contributed by atoms with Crippen LogP contribution in [0.15, 0.2) is 27.5 Å². The highest BCUT2D eigenvalue weighted by Gasteiger charge is 2.20. The first kappa shape index (κ1) is 18.7. The summed E-state index contributed by atoms with van der Waals surface area (Å²) in [6.45, 7) is 2.95. The molecule has 25 heavy (non-hydrogen) atoms. The van der Waals surface area contributed by atoms with Gasteiger partial charge in [-0.05, 0) is 32.0 Å². The van der Waals surface area contributed by atoms with Crippen LogP contribution in [0.5, 0.6) is 5.75 Å². The molecule has 1 aromatic carbocycles. The van der Waals surface area contributed by atoms with E-state index >= 15 is 0 Å². The second-order valence-electron chi connectivity index (χ2n) is 5.04. The van der Waals surface area contributed by atoms with Gasteiger partial charge in [0.2, 0.25) is 0 Å². The van der Waals surface area contributed by atoms with Crippen molar-refractivity contribution in [2.24, 2.45) is 0 Å². The van der Waals surface area contributed by atoms with E-state index in [0.717, 1.165) is 6.07 Å². The van der Waals surface area contributed by atoms with Gasteiger partial charge in [-0.2, -0.15) is 5.26 Å². The number of benzene rings is 1. The summed E-state index contributed by atoms with van der Waals surface area (Å²) in [6.07, 6.45) is 0. The van der Waals surface area contributed by atoms with E-state index < -0.39 is 24.0 Å². The Labute approximate surface area is 151 Å². The Morgan fingerprint density at radius 2 is 2.08 bits per heavy atom. The van der Waals surface area contributed by atoms with E-state index in [2.05, 4.69) is 20.9 Å². The number of aromatic nitrogens is 1. The number of carbonyl (C=O) groups is 1. The molecule has 1 N–H and O–H groups in total. The third kappa shape index (κ3) is 4.25. The summed E-state index contributed by atoms with van der Waals surface area (Å²) in [5.74, 6) is -1.63. The maximum Gasteiger partial charge on any atom is 0.344 e. The number of halogens is 2. The van der Waals surface area contributed by atoms with Gasteiger partial charge in [0.15, 0.2) is 18.2 Å². The molecule has 1 heterocycles. The van der Waals surface area contributed by atoms with Crippen LogP contribution < -0.4 is 10.3 Å². The van der Waals surface area contributed by atoms with Gasteiger partial charge >= 0.3 is 5.97 Å². The standard InChI is InChI=1S/C17H14BrFN2O4/c1-3-24-15(22)8-25-16-12(5-10(18)6-14(16)19)11-4-9(2)21-17(23)13(11)7-20/h4-6H,3,8H2,1-2H3,(H,21,23). The summed E-state index contributed by atoms with van der Waals surface area (Å²) in [5, 5.41) is 9.28. The van der Waals surface area contributed by atoms with Crippen molar-refractivity contribution in [3.05, 3.63) is 50.1 Å². The highest BCUT2D eigenvalue weighted by atomic mass is 79.9. The Kier molecular flexibility index (Phi) is 5.93. The zero-order valence-electron chi connectivity index (χ0n) is 13.5. The highest BCUT2D eigenvalue weighted by molar-refractivity contribution is 9.10. The van der Waals surface area contributed by atoms with Gasteiger partial charge in [0.05, 0.1) is 6.61 Å². The molecule has 0 amide bonds. The smallest absolute Gasteiger partial charge is 0.344 e. The van der Waals surface area contributed by atoms with E-state index in [0.29, 0.717) is 10.2 Å². The quantitative estimate of drug-likeness (QED) is 0.767. The zero-order valence-corrected chi connectivity index (χ0v) is 15.1. The maximum atomic E-state index is 14.4. The number of aromatic amines is 1. The average Bonchev–Trinajstić information content (AvgIpc) is 2.53. The number of nitrogens with zero attached hydrogens (tertiary/aromatic N) is 1. The molecule has 0 aliphatic carbocycles. The first-order chi connectivity index (χ1) is 11.9. The number of pyridine rings is 1. The lowest BCUT2D eigenvalue weighted by Crippen LogP contribution is -2.16. The minimum absolute atomic E-state index is 0.170. The number of H-pyrrole nitrogens is 1. The number of aryl methyl sites for hydroxylation is 1. The second kappa shape index (κ2) is 7.94. The van der Waals surface area contributed by atoms with E-state index in [1.54, 1.807) is 19.9 Å². The fraction of sp³-hybridized carbons (Fsp3) is 0.235. The van der Waals surface area contributed by atoms with Gasteiger partial charge in [0.25, 0.3) is 5.56 Å². The molecular weight excluding hydrogens is 395 g/mol. The SMILES string of the molecule is CCOC(=O)COc1c(F)cc(Br)cc1-c1cc(C)[nH]c(=O)c1C#N. The number of nitriles is 1. The number of esters is 1. The number of hydrogen-bond acceptors (Lipinski definition) is 5. The summed E-state index contributed by atoms with van der Waals surface area (Å²) >= 11 is 3.18. The molecule has 2 aromatic rings. The van der Waals surface area contributed by atoms with Gasteiger partial charge < -0.3 is 14.5 Å². The van der Waals surface area contributed by atoms with Crippen molar-refractivity contribution < 1.29 is 18.7 Å². The molecule has 0 saturated heterocycles. The van der Waals surface area contributed by atoms with Crippen LogP contribution in [0, 0.1) is 24.1 Å². The van der Waals surface area contributed by atoms with Crippen molar-refractivity contribution in [1.29, 1.82) is 5.26 Å². The molecule has 0 radical (unpaired) electrons. The Bertz CT molecular complexity index is 918. The molecule has 0 spiro atoms. The van der Waals surface area contributed by atoms with Crippen molar-refractivity contribution in [3.8, 4) is 22.9 Å². The van der Waals surface area contributed by atoms with Crippen molar-refractivity contribution in [1.82, 2.24) is 4.98 Å². The van der Waals surface area contributed by atoms with Crippen LogP contribution in [0.1, 0.15) is 18.2 Å². The number of ether oxygens (including phenoxy) is 2. The molecular formula is C17H14BrFN2O4. The largest absolute Gasteiger partial charge is 0.478 e. The lowest BCUT2D eigenvalue weighted by molar-refractivity contribution is -0.145. The fourth-order valence-electron chi connectivity index (χ4n) is 2.25. The van der Waals surface area contributed by atoms with Crippen LogP contribution in [-0.2, 0) is 9.53 Å². The van der Waals surface area contributed by atoms with Crippen LogP contribution in [0.2, 0.25) is 0 Å². The topological polar surface area (TPSA) is 92.2 Å². The van der Waals surface area contributed by atoms with Gasteiger partial charge in [-0.25, -0.2) is 9.18 Å². The van der Waals surface area contributed by atoms with Crippen molar-refractivity contribution in [2.75, 3.05) is 13.2 Å². The summed E-state index contributed by atoms with van der Waals surface area (Å²) in [6, 6.07) is 6.03. The van der Waals surface area contributed by atoms with Crippen LogP contribution in [-0.4, -0.2) is 24.2 Å². The van der Waals surface area contributed by atoms with Crippen molar-refractivity contribution in [3.63, 3.8) is 0 Å². The average molecular weight is 409 g/mol. The van der Waals surface area contributed by atoms with Gasteiger partial charge in [-0.1, -0.05) is 15.9 Å². The van der Waals surface area contributed by atoms with Gasteiger partial charge in [0, 0.05) is 21.3 Å². The molecule has 2 rings (SSSR count). The predicted molar refractivity (Wildman–Crippen MR) is 91.7 cm³/mol. The van der Waals surface area contributed by atoms with E-state index in [1.807, 2.05) is 6.07 Å². The van der Waals surface area contributed by atoms with Gasteiger partial charge in [0.1, 0.15) is 11.6 Å². The summed E-state index contributed by atoms with van der Waals surface area (Å²) in [7, 11) is 0. The minimum Gasteiger partial charge on any atom is -0.478 e. The summed E-state index contributed by atoms with van der Waals surface area (Å²) < 4.78 is 24.8. The predicted octanol–water partition coefficient (Wildman–Crippen LogP) is 3.07. The van der Waals surface area contributed by atoms with Crippen molar-refractivity contribution in [2.45, 2.75) is 13.8 Å². The normalized spacial score (nSPS) is 10.2. The molecule has 0 atom stereocenters. The molecule has 8 heteroatoms. The lowest BCUT2D eigenvalue weighted by atomic mass is 10.00. The maximum absolute atomic E-state index is 14.4. The molecule has 0 saturated carbocycles. The van der Waals surface area contributed by atoms with Crippen LogP contribution >= 0.6 is 15.9 Å². The number of carbonyl (C=O) groups excluding carboxylic acids is 1. The second-order valence-corrected chi connectivity index (χ2v) is 5.96. The first-order valence-corrected chi connectivity index (χ1v) is 8.08. The number of hydrogen-bond donors (Lipinski definition) is 1. The van der Waals surface area contributed by atoms with Gasteiger partial charge in [-0.3, -0.25) is 4.79 Å². The van der Waals surface area contributed by atoms with Crippen LogP contribution in [0.3, 0.4) is 0 Å². The van der Waals surface area contributed by atoms with Crippen LogP contribution in [0.25, 0.3) is 11.1 Å². The third-order valence-corrected chi connectivity index (χ3v) is 3.68. The number of rotatable bonds is 5. The molecule has 0 aliphatic heterocycles. The minimum atomic E-state index is -0.740. The molecule has 130 valence electrons. The molecule has 0 bridgehead atoms. The van der Waals surface area contributed by atoms with E-state index in [-0.39, 0.29) is 29.0 Å². The Hall–Kier alpha value is -2.66. The Balaban J connectivity index is 2.60. The zero-order chi connectivity index (χ0) is 18.6. The molecule has 0 fully saturated rings. The summed E-state index contributed by atoms with van der Waals surface area (Å²) in [4.78, 5) is 26.0. The molecule has 1 aromatic heterocycles. The van der Waals surface area contributed by atoms with E-state index in [9.17, 15) is 19.2 Å². The number of nitrogens with one attached hydrogen (secondary N) is 1. The third-order valence-electron chi connectivity index (χ3n) is 3.22. The van der Waals surface area contributed by atoms with Gasteiger partial charge in [-0.15, -0.1) is 0 Å². The highest BCUT2D eigenvalue weighted by Crippen LogP contribution is 2.36. The monoisotopic (exact) mass is 408 g/mol. The Morgan fingerprint density at radius 1 is 1.36 bits per heavy atom. The lowest BCUT2D eigenvalue weighted by Gasteiger charge is -2.14. The van der Waals surface area contributed by atoms with Crippen LogP contribution in [0.4, 0.5) is 4.39 Å². The molecule has 0 aliphatic rings. The van der Waals surface area contributed by atoms with Crippen molar-refractivity contribution >= 4 is 21.9 Å². The van der Waals surface area contributed by atoms with E-state index in [4.69, 9.17) is 9.47 Å². The molecule has 0 unspecified atom stereocenters. The fourth-order valence-corrected chi connectivity index (χ4v) is 2.68.